The lowest BCUT2D eigenvalue weighted by Gasteiger charge is -2.42. The van der Waals surface area contributed by atoms with Crippen LogP contribution in [0.15, 0.2) is 0 Å². The van der Waals surface area contributed by atoms with E-state index >= 15 is 0 Å². The van der Waals surface area contributed by atoms with Crippen LogP contribution in [0.2, 0.25) is 0 Å². The summed E-state index contributed by atoms with van der Waals surface area (Å²) in [5, 5.41) is 3.78. The Morgan fingerprint density at radius 3 is 2.41 bits per heavy atom. The van der Waals surface area contributed by atoms with Crippen molar-refractivity contribution in [2.45, 2.75) is 65.0 Å². The summed E-state index contributed by atoms with van der Waals surface area (Å²) in [6.07, 6.45) is 6.90. The molecule has 1 heterocycles. The Bertz CT molecular complexity index is 219. The summed E-state index contributed by atoms with van der Waals surface area (Å²) < 4.78 is 0. The van der Waals surface area contributed by atoms with Crippen LogP contribution in [-0.2, 0) is 0 Å². The summed E-state index contributed by atoms with van der Waals surface area (Å²) in [7, 11) is 0. The molecule has 0 aromatic heterocycles. The molecule has 2 unspecified atom stereocenters. The van der Waals surface area contributed by atoms with Crippen molar-refractivity contribution >= 4 is 0 Å². The lowest BCUT2D eigenvalue weighted by atomic mass is 9.98. The quantitative estimate of drug-likeness (QED) is 0.765. The van der Waals surface area contributed by atoms with Crippen molar-refractivity contribution in [2.24, 2.45) is 11.8 Å². The predicted molar refractivity (Wildman–Crippen MR) is 74.2 cm³/mol. The van der Waals surface area contributed by atoms with E-state index in [4.69, 9.17) is 0 Å². The number of hydrogen-bond donors (Lipinski definition) is 1. The van der Waals surface area contributed by atoms with E-state index in [1.807, 2.05) is 0 Å². The minimum atomic E-state index is 0.783. The van der Waals surface area contributed by atoms with Crippen molar-refractivity contribution in [1.82, 2.24) is 10.2 Å². The summed E-state index contributed by atoms with van der Waals surface area (Å²) >= 11 is 0. The van der Waals surface area contributed by atoms with Crippen molar-refractivity contribution in [1.29, 1.82) is 0 Å². The van der Waals surface area contributed by atoms with Crippen LogP contribution in [0.25, 0.3) is 0 Å². The third-order valence-corrected chi connectivity index (χ3v) is 4.87. The maximum atomic E-state index is 3.78. The van der Waals surface area contributed by atoms with Gasteiger partial charge in [0.2, 0.25) is 0 Å². The van der Waals surface area contributed by atoms with Gasteiger partial charge in [-0.2, -0.15) is 0 Å². The normalized spacial score (nSPS) is 31.1. The molecule has 0 aromatic rings. The van der Waals surface area contributed by atoms with Crippen molar-refractivity contribution in [2.75, 3.05) is 19.6 Å². The first kappa shape index (κ1) is 13.4. The maximum Gasteiger partial charge on any atom is 0.0224 e. The number of rotatable bonds is 6. The molecule has 1 aliphatic heterocycles. The van der Waals surface area contributed by atoms with Gasteiger partial charge in [0.1, 0.15) is 0 Å². The summed E-state index contributed by atoms with van der Waals surface area (Å²) in [6.45, 7) is 10.9. The second-order valence-corrected chi connectivity index (χ2v) is 6.05. The highest BCUT2D eigenvalue weighted by molar-refractivity contribution is 4.94. The molecule has 1 saturated carbocycles. The summed E-state index contributed by atoms with van der Waals surface area (Å²) in [4.78, 5) is 2.79. The lowest BCUT2D eigenvalue weighted by Crippen LogP contribution is -2.57. The maximum absolute atomic E-state index is 3.78. The summed E-state index contributed by atoms with van der Waals surface area (Å²) in [5.74, 6) is 1.90. The first-order valence-corrected chi connectivity index (χ1v) is 7.75. The average molecular weight is 238 g/mol. The van der Waals surface area contributed by atoms with Crippen LogP contribution in [0.4, 0.5) is 0 Å². The smallest absolute Gasteiger partial charge is 0.0224 e. The molecule has 2 rings (SSSR count). The summed E-state index contributed by atoms with van der Waals surface area (Å²) in [6, 6.07) is 1.58. The predicted octanol–water partition coefficient (Wildman–Crippen LogP) is 2.89. The topological polar surface area (TPSA) is 15.3 Å². The van der Waals surface area contributed by atoms with Crippen molar-refractivity contribution < 1.29 is 0 Å². The number of hydrogen-bond acceptors (Lipinski definition) is 2. The Balaban J connectivity index is 1.89. The van der Waals surface area contributed by atoms with Gasteiger partial charge in [-0.3, -0.25) is 4.90 Å². The van der Waals surface area contributed by atoms with Crippen molar-refractivity contribution in [3.63, 3.8) is 0 Å². The van der Waals surface area contributed by atoms with Gasteiger partial charge in [-0.15, -0.1) is 0 Å². The standard InChI is InChI=1S/C15H30N2/c1-4-12(5-2)10-17-11-15(13-7-8-13)16-9-14(17)6-3/h12-16H,4-11H2,1-3H3. The number of piperazine rings is 1. The molecule has 2 atom stereocenters. The zero-order valence-electron chi connectivity index (χ0n) is 11.9. The molecular formula is C15H30N2. The van der Waals surface area contributed by atoms with E-state index in [0.29, 0.717) is 0 Å². The Morgan fingerprint density at radius 2 is 1.88 bits per heavy atom. The van der Waals surface area contributed by atoms with Gasteiger partial charge in [-0.1, -0.05) is 33.6 Å². The third-order valence-electron chi connectivity index (χ3n) is 4.87. The molecule has 1 saturated heterocycles. The van der Waals surface area contributed by atoms with Crippen LogP contribution in [-0.4, -0.2) is 36.6 Å². The molecule has 2 heteroatoms. The van der Waals surface area contributed by atoms with Crippen molar-refractivity contribution in [3.8, 4) is 0 Å². The molecule has 0 radical (unpaired) electrons. The molecule has 0 spiro atoms. The van der Waals surface area contributed by atoms with Crippen LogP contribution < -0.4 is 5.32 Å². The highest BCUT2D eigenvalue weighted by Crippen LogP contribution is 2.34. The molecule has 2 nitrogen and oxygen atoms in total. The van der Waals surface area contributed by atoms with E-state index in [0.717, 1.165) is 23.9 Å². The van der Waals surface area contributed by atoms with Crippen LogP contribution >= 0.6 is 0 Å². The molecule has 1 N–H and O–H groups in total. The van der Waals surface area contributed by atoms with Gasteiger partial charge >= 0.3 is 0 Å². The zero-order chi connectivity index (χ0) is 12.3. The van der Waals surface area contributed by atoms with E-state index in [9.17, 15) is 0 Å². The first-order chi connectivity index (χ1) is 8.28. The molecule has 2 fully saturated rings. The second-order valence-electron chi connectivity index (χ2n) is 6.05. The van der Waals surface area contributed by atoms with E-state index < -0.39 is 0 Å². The molecule has 2 aliphatic rings. The van der Waals surface area contributed by atoms with Crippen LogP contribution in [0.3, 0.4) is 0 Å². The zero-order valence-corrected chi connectivity index (χ0v) is 11.9. The fourth-order valence-corrected chi connectivity index (χ4v) is 3.20. The van der Waals surface area contributed by atoms with Gasteiger partial charge in [0.05, 0.1) is 0 Å². The molecule has 0 bridgehead atoms. The molecule has 0 aromatic carbocycles. The number of nitrogens with zero attached hydrogens (tertiary/aromatic N) is 1. The van der Waals surface area contributed by atoms with E-state index in [1.54, 1.807) is 0 Å². The van der Waals surface area contributed by atoms with Gasteiger partial charge in [0.15, 0.2) is 0 Å². The fourth-order valence-electron chi connectivity index (χ4n) is 3.20. The van der Waals surface area contributed by atoms with Gasteiger partial charge in [-0.05, 0) is 31.1 Å². The molecule has 0 amide bonds. The van der Waals surface area contributed by atoms with Gasteiger partial charge in [0, 0.05) is 31.7 Å². The minimum absolute atomic E-state index is 0.783. The van der Waals surface area contributed by atoms with Gasteiger partial charge < -0.3 is 5.32 Å². The van der Waals surface area contributed by atoms with Crippen molar-refractivity contribution in [3.05, 3.63) is 0 Å². The van der Waals surface area contributed by atoms with E-state index in [-0.39, 0.29) is 0 Å². The molecule has 100 valence electrons. The van der Waals surface area contributed by atoms with Crippen LogP contribution in [0.1, 0.15) is 52.9 Å². The van der Waals surface area contributed by atoms with E-state index in [1.165, 1.54) is 51.7 Å². The Morgan fingerprint density at radius 1 is 1.18 bits per heavy atom. The summed E-state index contributed by atoms with van der Waals surface area (Å²) in [5.41, 5.74) is 0. The second kappa shape index (κ2) is 6.19. The Kier molecular flexibility index (Phi) is 4.87. The molecular weight excluding hydrogens is 208 g/mol. The number of nitrogens with one attached hydrogen (secondary N) is 1. The van der Waals surface area contributed by atoms with Crippen LogP contribution in [0.5, 0.6) is 0 Å². The monoisotopic (exact) mass is 238 g/mol. The Hall–Kier alpha value is -0.0800. The minimum Gasteiger partial charge on any atom is -0.311 e. The molecule has 17 heavy (non-hydrogen) atoms. The first-order valence-electron chi connectivity index (χ1n) is 7.75. The average Bonchev–Trinajstić information content (AvgIpc) is 3.20. The third kappa shape index (κ3) is 3.45. The highest BCUT2D eigenvalue weighted by atomic mass is 15.2. The SMILES string of the molecule is CCC(CC)CN1CC(C2CC2)NCC1CC. The van der Waals surface area contributed by atoms with E-state index in [2.05, 4.69) is 31.0 Å². The Labute approximate surface area is 107 Å². The largest absolute Gasteiger partial charge is 0.311 e. The fraction of sp³-hybridized carbons (Fsp3) is 1.00. The lowest BCUT2D eigenvalue weighted by molar-refractivity contribution is 0.0982. The van der Waals surface area contributed by atoms with Gasteiger partial charge in [0.25, 0.3) is 0 Å². The van der Waals surface area contributed by atoms with Crippen LogP contribution in [0, 0.1) is 11.8 Å². The highest BCUT2D eigenvalue weighted by Gasteiger charge is 2.36. The van der Waals surface area contributed by atoms with Gasteiger partial charge in [-0.25, -0.2) is 0 Å². The molecule has 1 aliphatic carbocycles.